The smallest absolute Gasteiger partial charge is 0.344 e. The Morgan fingerprint density at radius 2 is 1.89 bits per heavy atom. The minimum atomic E-state index is -1.95. The van der Waals surface area contributed by atoms with Crippen LogP contribution < -0.4 is 16.3 Å². The molecule has 0 unspecified atom stereocenters. The molecule has 2 heterocycles. The molecule has 3 rings (SSSR count). The SMILES string of the molecule is CCOC(=O)c1c(-c2ccccc2)c(C#N)c2n(c1=O)NC(C#N)(C#N)N2. The van der Waals surface area contributed by atoms with Crippen LogP contribution >= 0.6 is 0 Å². The van der Waals surface area contributed by atoms with Gasteiger partial charge in [-0.15, -0.1) is 0 Å². The molecule has 1 aromatic carbocycles. The van der Waals surface area contributed by atoms with Crippen molar-refractivity contribution in [1.82, 2.24) is 4.68 Å². The molecular weight excluding hydrogens is 348 g/mol. The van der Waals surface area contributed by atoms with Crippen molar-refractivity contribution in [3.05, 3.63) is 51.8 Å². The van der Waals surface area contributed by atoms with E-state index < -0.39 is 17.2 Å². The fourth-order valence-electron chi connectivity index (χ4n) is 2.80. The highest BCUT2D eigenvalue weighted by atomic mass is 16.5. The van der Waals surface area contributed by atoms with Gasteiger partial charge in [-0.1, -0.05) is 30.3 Å². The van der Waals surface area contributed by atoms with E-state index >= 15 is 0 Å². The zero-order valence-corrected chi connectivity index (χ0v) is 14.1. The maximum absolute atomic E-state index is 13.0. The van der Waals surface area contributed by atoms with Crippen molar-refractivity contribution in [2.45, 2.75) is 12.6 Å². The number of pyridine rings is 1. The lowest BCUT2D eigenvalue weighted by Crippen LogP contribution is -2.43. The van der Waals surface area contributed by atoms with Gasteiger partial charge in [-0.05, 0) is 12.5 Å². The fraction of sp³-hybridized carbons (Fsp3) is 0.167. The molecule has 9 heteroatoms. The number of aromatic nitrogens is 1. The van der Waals surface area contributed by atoms with Crippen LogP contribution in [0.3, 0.4) is 0 Å². The number of nitrogens with zero attached hydrogens (tertiary/aromatic N) is 4. The highest BCUT2D eigenvalue weighted by molar-refractivity contribution is 6.00. The first-order chi connectivity index (χ1) is 13.0. The van der Waals surface area contributed by atoms with Gasteiger partial charge in [-0.2, -0.15) is 15.8 Å². The Morgan fingerprint density at radius 1 is 1.22 bits per heavy atom. The number of hydrogen-bond acceptors (Lipinski definition) is 8. The summed E-state index contributed by atoms with van der Waals surface area (Å²) in [4.78, 5) is 25.5. The van der Waals surface area contributed by atoms with Gasteiger partial charge >= 0.3 is 11.6 Å². The van der Waals surface area contributed by atoms with Gasteiger partial charge in [0.15, 0.2) is 5.82 Å². The van der Waals surface area contributed by atoms with Crippen LogP contribution in [0.5, 0.6) is 0 Å². The topological polar surface area (TPSA) is 144 Å². The summed E-state index contributed by atoms with van der Waals surface area (Å²) in [6.07, 6.45) is 0. The van der Waals surface area contributed by atoms with Crippen molar-refractivity contribution < 1.29 is 9.53 Å². The van der Waals surface area contributed by atoms with Crippen molar-refractivity contribution in [3.8, 4) is 29.3 Å². The van der Waals surface area contributed by atoms with Crippen LogP contribution in [0.25, 0.3) is 11.1 Å². The third-order valence-corrected chi connectivity index (χ3v) is 3.95. The molecule has 0 fully saturated rings. The summed E-state index contributed by atoms with van der Waals surface area (Å²) in [6, 6.07) is 13.8. The van der Waals surface area contributed by atoms with Crippen LogP contribution in [0, 0.1) is 34.0 Å². The second kappa shape index (κ2) is 6.55. The fourth-order valence-corrected chi connectivity index (χ4v) is 2.80. The molecule has 0 spiro atoms. The zero-order valence-electron chi connectivity index (χ0n) is 14.1. The molecular formula is C18H12N6O3. The van der Waals surface area contributed by atoms with Crippen molar-refractivity contribution >= 4 is 11.8 Å². The molecule has 0 saturated heterocycles. The highest BCUT2D eigenvalue weighted by Crippen LogP contribution is 2.34. The van der Waals surface area contributed by atoms with E-state index in [4.69, 9.17) is 4.74 Å². The van der Waals surface area contributed by atoms with Crippen LogP contribution in [0.2, 0.25) is 0 Å². The third kappa shape index (κ3) is 2.62. The van der Waals surface area contributed by atoms with Crippen molar-refractivity contribution in [2.75, 3.05) is 17.3 Å². The van der Waals surface area contributed by atoms with E-state index in [-0.39, 0.29) is 29.1 Å². The van der Waals surface area contributed by atoms with Crippen LogP contribution in [0.4, 0.5) is 5.82 Å². The number of carbonyl (C=O) groups is 1. The molecule has 27 heavy (non-hydrogen) atoms. The van der Waals surface area contributed by atoms with E-state index in [0.29, 0.717) is 5.56 Å². The summed E-state index contributed by atoms with van der Waals surface area (Å²) in [6.45, 7) is 1.62. The summed E-state index contributed by atoms with van der Waals surface area (Å²) >= 11 is 0. The Hall–Kier alpha value is -4.29. The Morgan fingerprint density at radius 3 is 2.44 bits per heavy atom. The van der Waals surface area contributed by atoms with Crippen LogP contribution in [0.1, 0.15) is 22.8 Å². The standard InChI is InChI=1S/C18H12N6O3/c1-2-27-17(26)14-13(11-6-4-3-5-7-11)12(8-19)15-22-18(9-20,10-21)23-24(15)16(14)25/h3-7,22-23H,2H2,1H3. The molecule has 1 aliphatic rings. The monoisotopic (exact) mass is 360 g/mol. The van der Waals surface area contributed by atoms with E-state index in [2.05, 4.69) is 10.7 Å². The van der Waals surface area contributed by atoms with Crippen LogP contribution in [0.15, 0.2) is 35.1 Å². The molecule has 2 aromatic rings. The van der Waals surface area contributed by atoms with Crippen molar-refractivity contribution in [2.24, 2.45) is 0 Å². The number of carbonyl (C=O) groups excluding carboxylic acids is 1. The van der Waals surface area contributed by atoms with Gasteiger partial charge in [-0.25, -0.2) is 9.47 Å². The number of fused-ring (bicyclic) bond motifs is 1. The first-order valence-electron chi connectivity index (χ1n) is 7.86. The summed E-state index contributed by atoms with van der Waals surface area (Å²) in [5.74, 6) is -0.973. The number of anilines is 1. The lowest BCUT2D eigenvalue weighted by Gasteiger charge is -2.14. The number of ether oxygens (including phenoxy) is 1. The normalized spacial score (nSPS) is 13.1. The minimum absolute atomic E-state index is 0.0299. The van der Waals surface area contributed by atoms with Gasteiger partial charge < -0.3 is 10.1 Å². The molecule has 2 N–H and O–H groups in total. The summed E-state index contributed by atoms with van der Waals surface area (Å²) in [5.41, 5.74) is -0.255. The Kier molecular flexibility index (Phi) is 4.25. The number of nitrogens with one attached hydrogen (secondary N) is 2. The summed E-state index contributed by atoms with van der Waals surface area (Å²) in [5, 5.41) is 30.9. The van der Waals surface area contributed by atoms with E-state index in [1.165, 1.54) is 0 Å². The molecule has 0 saturated carbocycles. The summed E-state index contributed by atoms with van der Waals surface area (Å²) in [7, 11) is 0. The van der Waals surface area contributed by atoms with E-state index in [0.717, 1.165) is 4.68 Å². The van der Waals surface area contributed by atoms with E-state index in [1.54, 1.807) is 49.4 Å². The van der Waals surface area contributed by atoms with Gasteiger partial charge in [0, 0.05) is 5.56 Å². The van der Waals surface area contributed by atoms with E-state index in [9.17, 15) is 25.4 Å². The van der Waals surface area contributed by atoms with Gasteiger partial charge in [0.25, 0.3) is 5.56 Å². The van der Waals surface area contributed by atoms with Gasteiger partial charge in [-0.3, -0.25) is 10.2 Å². The molecule has 0 bridgehead atoms. The Balaban J connectivity index is 2.42. The Bertz CT molecular complexity index is 1100. The number of hydrogen-bond donors (Lipinski definition) is 2. The quantitative estimate of drug-likeness (QED) is 0.779. The van der Waals surface area contributed by atoms with Gasteiger partial charge in [0.1, 0.15) is 29.3 Å². The average molecular weight is 360 g/mol. The van der Waals surface area contributed by atoms with E-state index in [1.807, 2.05) is 6.07 Å². The molecule has 132 valence electrons. The lowest BCUT2D eigenvalue weighted by atomic mass is 9.96. The highest BCUT2D eigenvalue weighted by Gasteiger charge is 2.42. The number of benzene rings is 1. The molecule has 0 aliphatic carbocycles. The maximum Gasteiger partial charge on any atom is 0.344 e. The average Bonchev–Trinajstić information content (AvgIpc) is 3.09. The predicted octanol–water partition coefficient (Wildman–Crippen LogP) is 1.28. The second-order valence-corrected chi connectivity index (χ2v) is 5.52. The lowest BCUT2D eigenvalue weighted by molar-refractivity contribution is 0.0524. The number of esters is 1. The van der Waals surface area contributed by atoms with Crippen LogP contribution in [-0.2, 0) is 4.74 Å². The number of nitriles is 3. The molecule has 1 aliphatic heterocycles. The second-order valence-electron chi connectivity index (χ2n) is 5.52. The largest absolute Gasteiger partial charge is 0.462 e. The predicted molar refractivity (Wildman–Crippen MR) is 93.7 cm³/mol. The van der Waals surface area contributed by atoms with Gasteiger partial charge in [0.2, 0.25) is 0 Å². The first kappa shape index (κ1) is 17.5. The van der Waals surface area contributed by atoms with Crippen molar-refractivity contribution in [1.29, 1.82) is 15.8 Å². The maximum atomic E-state index is 13.0. The third-order valence-electron chi connectivity index (χ3n) is 3.95. The molecule has 1 aromatic heterocycles. The molecule has 0 amide bonds. The first-order valence-corrected chi connectivity index (χ1v) is 7.86. The Labute approximate surface area is 153 Å². The minimum Gasteiger partial charge on any atom is -0.462 e. The molecule has 0 atom stereocenters. The zero-order chi connectivity index (χ0) is 19.6. The molecule has 9 nitrogen and oxygen atoms in total. The number of rotatable bonds is 3. The van der Waals surface area contributed by atoms with Gasteiger partial charge in [0.05, 0.1) is 6.61 Å². The summed E-state index contributed by atoms with van der Waals surface area (Å²) < 4.78 is 5.82. The molecule has 0 radical (unpaired) electrons. The van der Waals surface area contributed by atoms with Crippen LogP contribution in [-0.4, -0.2) is 22.9 Å². The van der Waals surface area contributed by atoms with Crippen molar-refractivity contribution in [3.63, 3.8) is 0 Å².